The minimum absolute atomic E-state index is 0. The summed E-state index contributed by atoms with van der Waals surface area (Å²) in [6.45, 7) is 0. The molecule has 0 fully saturated rings. The van der Waals surface area contributed by atoms with Crippen molar-refractivity contribution in [1.82, 2.24) is 0 Å². The van der Waals surface area contributed by atoms with Gasteiger partial charge in [0.25, 0.3) is 0 Å². The molecule has 6 nitrogen and oxygen atoms in total. The van der Waals surface area contributed by atoms with E-state index in [-0.39, 0.29) is 21.9 Å². The Labute approximate surface area is 40.3 Å². The van der Waals surface area contributed by atoms with Crippen LogP contribution in [-0.4, -0.2) is 29.3 Å². The Morgan fingerprint density at radius 1 is 1.00 bits per heavy atom. The van der Waals surface area contributed by atoms with E-state index in [1.165, 1.54) is 0 Å². The second-order valence-corrected chi connectivity index (χ2v) is 0.0962. The third-order valence-corrected chi connectivity index (χ3v) is 0. The van der Waals surface area contributed by atoms with Crippen molar-refractivity contribution in [3.05, 3.63) is 0 Å². The van der Waals surface area contributed by atoms with Crippen LogP contribution in [0.15, 0.2) is 0 Å². The molecule has 8 N–H and O–H groups in total. The molecule has 0 aromatic carbocycles. The fourth-order valence-corrected chi connectivity index (χ4v) is 0. The first-order valence-corrected chi connectivity index (χ1v) is 0.471. The van der Waals surface area contributed by atoms with E-state index in [0.29, 0.717) is 0 Å². The van der Waals surface area contributed by atoms with Crippen LogP contribution in [0.1, 0.15) is 0 Å². The zero-order valence-electron chi connectivity index (χ0n) is 3.39. The van der Waals surface area contributed by atoms with Crippen molar-refractivity contribution in [2.75, 3.05) is 0 Å². The van der Waals surface area contributed by atoms with Gasteiger partial charge in [-0.2, -0.15) is 0 Å². The molecule has 0 heterocycles. The molecule has 0 aromatic heterocycles. The Morgan fingerprint density at radius 2 is 1.00 bits per heavy atom. The van der Waals surface area contributed by atoms with Crippen LogP contribution < -0.4 is 5.02 Å². The second kappa shape index (κ2) is 438. The molecule has 0 spiro atoms. The van der Waals surface area contributed by atoms with Crippen LogP contribution in [0.2, 0.25) is 0 Å². The van der Waals surface area contributed by atoms with E-state index < -0.39 is 7.35 Å². The van der Waals surface area contributed by atoms with E-state index in [2.05, 4.69) is 0 Å². The van der Waals surface area contributed by atoms with E-state index in [1.807, 2.05) is 0 Å². The van der Waals surface area contributed by atoms with Crippen LogP contribution in [0.25, 0.3) is 0 Å². The Kier molecular flexibility index (Phi) is 5450. The number of rotatable bonds is 0. The van der Waals surface area contributed by atoms with Gasteiger partial charge in [-0.05, 0) is 0 Å². The summed E-state index contributed by atoms with van der Waals surface area (Å²) >= 11 is 0. The number of hydrogen-bond acceptors (Lipinski definition) is 2. The molecule has 7 heavy (non-hydrogen) atoms. The molecule has 0 radical (unpaired) electrons. The van der Waals surface area contributed by atoms with Crippen LogP contribution in [0, 0.1) is 0 Å². The normalized spacial score (nSPS) is 1.14. The van der Waals surface area contributed by atoms with Crippen molar-refractivity contribution >= 4 is 7.35 Å². The van der Waals surface area contributed by atoms with Crippen molar-refractivity contribution in [2.45, 2.75) is 0 Å². The Hall–Kier alpha value is -0.495. The first-order valence-electron chi connectivity index (χ1n) is 0.471. The first-order chi connectivity index (χ1) is 1.41. The molecule has 0 atom stereocenters. The molecule has 0 rings (SSSR count). The standard InChI is InChI=1S/BO2.4H2O/c2-1-3;;;;/h;4*1H2/q-1;;;;. The Morgan fingerprint density at radius 3 is 1.00 bits per heavy atom. The molecule has 0 amide bonds. The summed E-state index contributed by atoms with van der Waals surface area (Å²) in [5.41, 5.74) is 0. The average Bonchev–Trinajstić information content (AvgIpc) is 0.918. The summed E-state index contributed by atoms with van der Waals surface area (Å²) in [4.78, 5) is 0. The van der Waals surface area contributed by atoms with Gasteiger partial charge in [-0.3, -0.25) is 0 Å². The molecule has 48 valence electrons. The molecule has 0 aromatic rings. The van der Waals surface area contributed by atoms with Gasteiger partial charge in [0.15, 0.2) is 0 Å². The Bertz CT molecular complexity index is 11.7. The van der Waals surface area contributed by atoms with Gasteiger partial charge < -0.3 is 21.9 Å². The second-order valence-electron chi connectivity index (χ2n) is 0.0962. The molecule has 0 aliphatic carbocycles. The molecule has 0 saturated heterocycles. The van der Waals surface area contributed by atoms with Crippen molar-refractivity contribution in [3.8, 4) is 0 Å². The topological polar surface area (TPSA) is 166 Å². The molecule has 0 aliphatic rings. The molecular weight excluding hydrogens is 107 g/mol. The van der Waals surface area contributed by atoms with Gasteiger partial charge in [0.1, 0.15) is 0 Å². The van der Waals surface area contributed by atoms with Gasteiger partial charge in [0.2, 0.25) is 0 Å². The fraction of sp³-hybridized carbons (Fsp3) is 0. The predicted octanol–water partition coefficient (Wildman–Crippen LogP) is -4.99. The van der Waals surface area contributed by atoms with Crippen molar-refractivity contribution in [3.63, 3.8) is 0 Å². The summed E-state index contributed by atoms with van der Waals surface area (Å²) in [5.74, 6) is 0. The predicted molar refractivity (Wildman–Crippen MR) is 20.9 cm³/mol. The van der Waals surface area contributed by atoms with Gasteiger partial charge in [0, 0.05) is 0 Å². The third kappa shape index (κ3) is 276. The summed E-state index contributed by atoms with van der Waals surface area (Å²) < 4.78 is 8.25. The van der Waals surface area contributed by atoms with E-state index in [9.17, 15) is 0 Å². The SMILES string of the molecule is O.O.O.O.O=B[O-]. The Balaban J connectivity index is -0.00000000333. The molecule has 7 heteroatoms. The fourth-order valence-electron chi connectivity index (χ4n) is 0. The maximum atomic E-state index is 8.25. The minimum atomic E-state index is -0.500. The summed E-state index contributed by atoms with van der Waals surface area (Å²) in [6, 6.07) is 0. The van der Waals surface area contributed by atoms with Crippen molar-refractivity contribution < 1.29 is 31.6 Å². The van der Waals surface area contributed by atoms with E-state index in [0.717, 1.165) is 0 Å². The van der Waals surface area contributed by atoms with Crippen LogP contribution in [0.3, 0.4) is 0 Å². The first kappa shape index (κ1) is 87.0. The van der Waals surface area contributed by atoms with Crippen LogP contribution in [0.4, 0.5) is 0 Å². The zero-order valence-corrected chi connectivity index (χ0v) is 3.39. The van der Waals surface area contributed by atoms with E-state index >= 15 is 0 Å². The van der Waals surface area contributed by atoms with E-state index in [4.69, 9.17) is 9.73 Å². The maximum absolute atomic E-state index is 8.25. The van der Waals surface area contributed by atoms with Gasteiger partial charge in [0.05, 0.1) is 0 Å². The molecule has 0 unspecified atom stereocenters. The van der Waals surface area contributed by atoms with Crippen LogP contribution >= 0.6 is 0 Å². The zero-order chi connectivity index (χ0) is 2.71. The quantitative estimate of drug-likeness (QED) is 0.288. The van der Waals surface area contributed by atoms with Gasteiger partial charge in [-0.1, -0.05) is 0 Å². The molecule has 0 bridgehead atoms. The molecule has 0 saturated carbocycles. The van der Waals surface area contributed by atoms with Crippen molar-refractivity contribution in [2.24, 2.45) is 0 Å². The van der Waals surface area contributed by atoms with E-state index in [1.54, 1.807) is 0 Å². The summed E-state index contributed by atoms with van der Waals surface area (Å²) in [5, 5.41) is 8.25. The average molecular weight is 115 g/mol. The monoisotopic (exact) mass is 115 g/mol. The summed E-state index contributed by atoms with van der Waals surface area (Å²) in [6.07, 6.45) is 0. The van der Waals surface area contributed by atoms with Crippen LogP contribution in [0.5, 0.6) is 0 Å². The summed E-state index contributed by atoms with van der Waals surface area (Å²) in [7, 11) is -0.500. The molecular formula is H8BO6-. The van der Waals surface area contributed by atoms with Gasteiger partial charge >= 0.3 is 17.1 Å². The van der Waals surface area contributed by atoms with Crippen LogP contribution in [-0.2, 0) is 4.70 Å². The van der Waals surface area contributed by atoms with Gasteiger partial charge in [-0.25, -0.2) is 0 Å². The number of hydrogen-bond donors (Lipinski definition) is 0. The molecule has 0 aliphatic heterocycles. The van der Waals surface area contributed by atoms with Crippen molar-refractivity contribution in [1.29, 1.82) is 0 Å². The van der Waals surface area contributed by atoms with Gasteiger partial charge in [-0.15, -0.1) is 0 Å². The third-order valence-electron chi connectivity index (χ3n) is 0.